The van der Waals surface area contributed by atoms with Gasteiger partial charge in [-0.05, 0) is 13.8 Å². The van der Waals surface area contributed by atoms with Gasteiger partial charge < -0.3 is 15.2 Å². The third-order valence-electron chi connectivity index (χ3n) is 3.13. The first-order valence-electron chi connectivity index (χ1n) is 5.41. The standard InChI is InChI=1S/C10H20N2O2/c1-8(2)12-4-3-10(7-12)13-6-9(5-11)14-10/h8-9H,3-7,11H2,1-2H3. The molecule has 0 saturated carbocycles. The maximum atomic E-state index is 5.85. The molecule has 2 saturated heterocycles. The Morgan fingerprint density at radius 1 is 1.57 bits per heavy atom. The van der Waals surface area contributed by atoms with Crippen LogP contribution < -0.4 is 5.73 Å². The Labute approximate surface area is 85.3 Å². The average molecular weight is 200 g/mol. The second-order valence-corrected chi connectivity index (χ2v) is 4.51. The molecule has 2 fully saturated rings. The van der Waals surface area contributed by atoms with Crippen molar-refractivity contribution in [1.82, 2.24) is 4.90 Å². The van der Waals surface area contributed by atoms with E-state index in [4.69, 9.17) is 15.2 Å². The van der Waals surface area contributed by atoms with Gasteiger partial charge in [0.2, 0.25) is 0 Å². The minimum atomic E-state index is -0.339. The lowest BCUT2D eigenvalue weighted by Crippen LogP contribution is -2.38. The maximum absolute atomic E-state index is 5.85. The van der Waals surface area contributed by atoms with Gasteiger partial charge in [-0.1, -0.05) is 0 Å². The van der Waals surface area contributed by atoms with Crippen LogP contribution in [-0.4, -0.2) is 49.1 Å². The Bertz CT molecular complexity index is 210. The van der Waals surface area contributed by atoms with Crippen LogP contribution in [0.3, 0.4) is 0 Å². The Morgan fingerprint density at radius 2 is 2.36 bits per heavy atom. The highest BCUT2D eigenvalue weighted by Gasteiger charge is 2.46. The predicted molar refractivity (Wildman–Crippen MR) is 53.9 cm³/mol. The normalized spacial score (nSPS) is 39.0. The summed E-state index contributed by atoms with van der Waals surface area (Å²) in [5, 5.41) is 0. The largest absolute Gasteiger partial charge is 0.346 e. The SMILES string of the molecule is CC(C)N1CCC2(C1)OCC(CN)O2. The molecule has 2 N–H and O–H groups in total. The number of nitrogens with zero attached hydrogens (tertiary/aromatic N) is 1. The molecule has 0 aromatic rings. The molecule has 4 nitrogen and oxygen atoms in total. The summed E-state index contributed by atoms with van der Waals surface area (Å²) in [6.45, 7) is 7.57. The highest BCUT2D eigenvalue weighted by atomic mass is 16.7. The van der Waals surface area contributed by atoms with Gasteiger partial charge in [0, 0.05) is 25.6 Å². The molecular weight excluding hydrogens is 180 g/mol. The predicted octanol–water partition coefficient (Wildman–Crippen LogP) is 0.171. The van der Waals surface area contributed by atoms with Crippen molar-refractivity contribution in [2.75, 3.05) is 26.2 Å². The second kappa shape index (κ2) is 3.77. The van der Waals surface area contributed by atoms with Gasteiger partial charge in [-0.2, -0.15) is 0 Å². The van der Waals surface area contributed by atoms with Gasteiger partial charge >= 0.3 is 0 Å². The van der Waals surface area contributed by atoms with Crippen molar-refractivity contribution in [3.05, 3.63) is 0 Å². The van der Waals surface area contributed by atoms with E-state index < -0.39 is 0 Å². The molecule has 2 aliphatic heterocycles. The van der Waals surface area contributed by atoms with Crippen molar-refractivity contribution in [3.63, 3.8) is 0 Å². The molecule has 0 aromatic carbocycles. The molecule has 1 spiro atoms. The van der Waals surface area contributed by atoms with E-state index in [1.54, 1.807) is 0 Å². The molecule has 4 heteroatoms. The molecule has 0 radical (unpaired) electrons. The van der Waals surface area contributed by atoms with Crippen LogP contribution in [0.2, 0.25) is 0 Å². The number of nitrogens with two attached hydrogens (primary N) is 1. The lowest BCUT2D eigenvalue weighted by atomic mass is 10.2. The van der Waals surface area contributed by atoms with E-state index in [0.29, 0.717) is 19.2 Å². The Morgan fingerprint density at radius 3 is 2.86 bits per heavy atom. The van der Waals surface area contributed by atoms with Gasteiger partial charge in [0.05, 0.1) is 19.3 Å². The third-order valence-corrected chi connectivity index (χ3v) is 3.13. The summed E-state index contributed by atoms with van der Waals surface area (Å²) < 4.78 is 11.6. The number of likely N-dealkylation sites (tertiary alicyclic amines) is 1. The molecule has 14 heavy (non-hydrogen) atoms. The van der Waals surface area contributed by atoms with Crippen LogP contribution in [0, 0.1) is 0 Å². The van der Waals surface area contributed by atoms with Crippen molar-refractivity contribution < 1.29 is 9.47 Å². The lowest BCUT2D eigenvalue weighted by Gasteiger charge is -2.25. The molecule has 2 aliphatic rings. The minimum absolute atomic E-state index is 0.0992. The van der Waals surface area contributed by atoms with E-state index in [1.165, 1.54) is 0 Å². The molecule has 2 unspecified atom stereocenters. The molecule has 0 aromatic heterocycles. The first-order chi connectivity index (χ1) is 6.65. The van der Waals surface area contributed by atoms with Gasteiger partial charge in [-0.15, -0.1) is 0 Å². The Balaban J connectivity index is 1.94. The smallest absolute Gasteiger partial charge is 0.182 e. The average Bonchev–Trinajstić information content (AvgIpc) is 2.74. The van der Waals surface area contributed by atoms with Crippen LogP contribution in [0.4, 0.5) is 0 Å². The van der Waals surface area contributed by atoms with Gasteiger partial charge in [-0.3, -0.25) is 4.90 Å². The monoisotopic (exact) mass is 200 g/mol. The van der Waals surface area contributed by atoms with E-state index in [9.17, 15) is 0 Å². The molecule has 0 aliphatic carbocycles. The van der Waals surface area contributed by atoms with Crippen LogP contribution in [0.5, 0.6) is 0 Å². The van der Waals surface area contributed by atoms with Gasteiger partial charge in [-0.25, -0.2) is 0 Å². The van der Waals surface area contributed by atoms with Crippen molar-refractivity contribution in [1.29, 1.82) is 0 Å². The van der Waals surface area contributed by atoms with Gasteiger partial charge in [0.25, 0.3) is 0 Å². The summed E-state index contributed by atoms with van der Waals surface area (Å²) in [4.78, 5) is 2.39. The summed E-state index contributed by atoms with van der Waals surface area (Å²) in [6.07, 6.45) is 1.07. The van der Waals surface area contributed by atoms with Crippen LogP contribution in [0.15, 0.2) is 0 Å². The molecule has 0 bridgehead atoms. The van der Waals surface area contributed by atoms with E-state index in [0.717, 1.165) is 19.5 Å². The first-order valence-corrected chi connectivity index (χ1v) is 5.41. The highest BCUT2D eigenvalue weighted by Crippen LogP contribution is 2.33. The number of rotatable bonds is 2. The Kier molecular flexibility index (Phi) is 2.79. The summed E-state index contributed by atoms with van der Waals surface area (Å²) in [7, 11) is 0. The first kappa shape index (κ1) is 10.4. The molecule has 0 amide bonds. The van der Waals surface area contributed by atoms with Crippen molar-refractivity contribution in [3.8, 4) is 0 Å². The van der Waals surface area contributed by atoms with Crippen molar-refractivity contribution >= 4 is 0 Å². The molecule has 2 atom stereocenters. The van der Waals surface area contributed by atoms with E-state index in [1.807, 2.05) is 0 Å². The molecule has 2 heterocycles. The zero-order chi connectivity index (χ0) is 10.2. The van der Waals surface area contributed by atoms with E-state index in [2.05, 4.69) is 18.7 Å². The summed E-state index contributed by atoms with van der Waals surface area (Å²) in [6, 6.07) is 0.568. The molecule has 2 rings (SSSR count). The van der Waals surface area contributed by atoms with Crippen LogP contribution in [-0.2, 0) is 9.47 Å². The Hall–Kier alpha value is -0.160. The van der Waals surface area contributed by atoms with Crippen LogP contribution >= 0.6 is 0 Å². The number of hydrogen-bond donors (Lipinski definition) is 1. The highest BCUT2D eigenvalue weighted by molar-refractivity contribution is 4.90. The molecule has 82 valence electrons. The summed E-state index contributed by atoms with van der Waals surface area (Å²) in [5.41, 5.74) is 5.56. The third kappa shape index (κ3) is 1.80. The second-order valence-electron chi connectivity index (χ2n) is 4.51. The zero-order valence-corrected chi connectivity index (χ0v) is 9.03. The number of hydrogen-bond acceptors (Lipinski definition) is 4. The van der Waals surface area contributed by atoms with Crippen molar-refractivity contribution in [2.24, 2.45) is 5.73 Å². The van der Waals surface area contributed by atoms with Gasteiger partial charge in [0.15, 0.2) is 5.79 Å². The lowest BCUT2D eigenvalue weighted by molar-refractivity contribution is -0.156. The summed E-state index contributed by atoms with van der Waals surface area (Å²) in [5.74, 6) is -0.339. The van der Waals surface area contributed by atoms with Gasteiger partial charge in [0.1, 0.15) is 0 Å². The fourth-order valence-corrected chi connectivity index (χ4v) is 2.17. The number of ether oxygens (including phenoxy) is 2. The van der Waals surface area contributed by atoms with E-state index >= 15 is 0 Å². The van der Waals surface area contributed by atoms with Crippen molar-refractivity contribution in [2.45, 2.75) is 38.2 Å². The minimum Gasteiger partial charge on any atom is -0.346 e. The quantitative estimate of drug-likeness (QED) is 0.690. The topological polar surface area (TPSA) is 47.7 Å². The van der Waals surface area contributed by atoms with E-state index in [-0.39, 0.29) is 11.9 Å². The fraction of sp³-hybridized carbons (Fsp3) is 1.00. The molecular formula is C10H20N2O2. The fourth-order valence-electron chi connectivity index (χ4n) is 2.17. The summed E-state index contributed by atoms with van der Waals surface area (Å²) >= 11 is 0. The zero-order valence-electron chi connectivity index (χ0n) is 9.03. The van der Waals surface area contributed by atoms with Crippen LogP contribution in [0.25, 0.3) is 0 Å². The van der Waals surface area contributed by atoms with Crippen LogP contribution in [0.1, 0.15) is 20.3 Å². The maximum Gasteiger partial charge on any atom is 0.182 e.